The van der Waals surface area contributed by atoms with Crippen molar-refractivity contribution in [3.05, 3.63) is 71.4 Å². The molecule has 0 unspecified atom stereocenters. The molecule has 4 rings (SSSR count). The highest BCUT2D eigenvalue weighted by atomic mass is 28.4. The van der Waals surface area contributed by atoms with Gasteiger partial charge in [-0.25, -0.2) is 22.9 Å². The molecule has 1 aliphatic rings. The van der Waals surface area contributed by atoms with Crippen LogP contribution in [0.4, 0.5) is 29.3 Å². The van der Waals surface area contributed by atoms with Gasteiger partial charge in [-0.15, -0.1) is 0 Å². The van der Waals surface area contributed by atoms with Crippen LogP contribution in [0.2, 0.25) is 18.1 Å². The molecule has 0 saturated carbocycles. The van der Waals surface area contributed by atoms with Gasteiger partial charge in [-0.05, 0) is 67.9 Å². The molecule has 13 heteroatoms. The molecular weight excluding hydrogens is 627 g/mol. The van der Waals surface area contributed by atoms with Crippen LogP contribution in [0.5, 0.6) is 0 Å². The van der Waals surface area contributed by atoms with E-state index in [1.807, 2.05) is 13.0 Å². The van der Waals surface area contributed by atoms with Crippen LogP contribution in [0.3, 0.4) is 0 Å². The first-order valence-electron chi connectivity index (χ1n) is 15.7. The fraction of sp³-hybridized carbons (Fsp3) is 0.500. The first kappa shape index (κ1) is 36.2. The summed E-state index contributed by atoms with van der Waals surface area (Å²) in [5.74, 6) is -2.85. The lowest BCUT2D eigenvalue weighted by atomic mass is 9.92. The monoisotopic (exact) mass is 673 g/mol. The smallest absolute Gasteiger partial charge is 0.405 e. The zero-order valence-corrected chi connectivity index (χ0v) is 29.3. The van der Waals surface area contributed by atoms with Gasteiger partial charge in [-0.2, -0.15) is 0 Å². The van der Waals surface area contributed by atoms with Gasteiger partial charge in [0, 0.05) is 31.6 Å². The number of hydrogen-bond donors (Lipinski definition) is 4. The number of aliphatic hydroxyl groups is 1. The van der Waals surface area contributed by atoms with E-state index in [0.717, 1.165) is 23.9 Å². The third kappa shape index (κ3) is 8.82. The van der Waals surface area contributed by atoms with Gasteiger partial charge in [0.05, 0.1) is 53.1 Å². The van der Waals surface area contributed by atoms with Crippen LogP contribution < -0.4 is 15.5 Å². The molecule has 3 aromatic rings. The Balaban J connectivity index is 1.56. The Bertz CT molecular complexity index is 1570. The number of anilines is 2. The van der Waals surface area contributed by atoms with Crippen LogP contribution in [-0.2, 0) is 17.4 Å². The normalized spacial score (nSPS) is 19.1. The highest BCUT2D eigenvalue weighted by molar-refractivity contribution is 6.74. The molecule has 2 aromatic heterocycles. The number of carbonyl (C=O) groups is 1. The number of nitrogens with one attached hydrogen (secondary N) is 2. The Labute approximate surface area is 275 Å². The van der Waals surface area contributed by atoms with Crippen LogP contribution >= 0.6 is 0 Å². The van der Waals surface area contributed by atoms with Crippen LogP contribution in [0.25, 0.3) is 11.3 Å². The topological polar surface area (TPSA) is 120 Å². The minimum atomic E-state index is -2.21. The summed E-state index contributed by atoms with van der Waals surface area (Å²) in [5.41, 5.74) is -0.253. The summed E-state index contributed by atoms with van der Waals surface area (Å²) < 4.78 is 51.8. The fourth-order valence-corrected chi connectivity index (χ4v) is 7.09. The van der Waals surface area contributed by atoms with Crippen molar-refractivity contribution >= 4 is 25.8 Å². The van der Waals surface area contributed by atoms with Crippen molar-refractivity contribution in [3.63, 3.8) is 0 Å². The number of hydrogen-bond acceptors (Lipinski definition) is 7. The van der Waals surface area contributed by atoms with E-state index in [4.69, 9.17) is 4.43 Å². The SMILES string of the molecule is C[C@H]1CN(c2ccncc2NCc2ccc(F)c(-c3c(F)cc(CC(C)(C)O)cc3F)n2)C[C@@H](NC(=O)O)[C@@H]1O[Si](C)(C)C(C)(C)C. The second-order valence-corrected chi connectivity index (χ2v) is 19.3. The number of carboxylic acid groups (broad SMARTS) is 1. The molecule has 1 fully saturated rings. The Hall–Kier alpha value is -3.68. The van der Waals surface area contributed by atoms with Crippen molar-refractivity contribution in [2.24, 2.45) is 5.92 Å². The molecule has 3 atom stereocenters. The second kappa shape index (κ2) is 13.8. The number of halogens is 3. The van der Waals surface area contributed by atoms with Gasteiger partial charge < -0.3 is 30.2 Å². The van der Waals surface area contributed by atoms with Gasteiger partial charge in [0.25, 0.3) is 0 Å². The number of amides is 1. The third-order valence-electron chi connectivity index (χ3n) is 8.91. The van der Waals surface area contributed by atoms with Crippen LogP contribution in [-0.4, -0.2) is 65.4 Å². The van der Waals surface area contributed by atoms with Crippen molar-refractivity contribution in [2.45, 2.75) is 90.4 Å². The quantitative estimate of drug-likeness (QED) is 0.171. The predicted molar refractivity (Wildman–Crippen MR) is 180 cm³/mol. The molecule has 1 amide bonds. The van der Waals surface area contributed by atoms with Crippen LogP contribution in [0, 0.1) is 23.4 Å². The molecule has 1 saturated heterocycles. The summed E-state index contributed by atoms with van der Waals surface area (Å²) >= 11 is 0. The summed E-state index contributed by atoms with van der Waals surface area (Å²) in [5, 5.41) is 25.6. The van der Waals surface area contributed by atoms with E-state index in [2.05, 4.69) is 59.4 Å². The van der Waals surface area contributed by atoms with Gasteiger partial charge in [-0.3, -0.25) is 4.98 Å². The maximum atomic E-state index is 15.1. The average molecular weight is 674 g/mol. The average Bonchev–Trinajstić information content (AvgIpc) is 2.93. The lowest BCUT2D eigenvalue weighted by molar-refractivity contribution is 0.0722. The van der Waals surface area contributed by atoms with Crippen molar-refractivity contribution in [1.29, 1.82) is 0 Å². The molecule has 1 aromatic carbocycles. The van der Waals surface area contributed by atoms with Crippen molar-refractivity contribution in [1.82, 2.24) is 15.3 Å². The van der Waals surface area contributed by atoms with Gasteiger partial charge in [-0.1, -0.05) is 27.7 Å². The van der Waals surface area contributed by atoms with Gasteiger partial charge in [0.1, 0.15) is 23.1 Å². The summed E-state index contributed by atoms with van der Waals surface area (Å²) in [6.45, 7) is 16.9. The molecule has 0 spiro atoms. The molecular formula is C34H46F3N5O4Si. The minimum absolute atomic E-state index is 0.0155. The summed E-state index contributed by atoms with van der Waals surface area (Å²) in [6.07, 6.45) is 1.85. The summed E-state index contributed by atoms with van der Waals surface area (Å²) in [6, 6.07) is 6.04. The molecule has 1 aliphatic heterocycles. The molecule has 4 N–H and O–H groups in total. The van der Waals surface area contributed by atoms with E-state index in [1.54, 1.807) is 12.4 Å². The number of aromatic nitrogens is 2. The standard InChI is InChI=1S/C34H46F3N5O4Si/c1-20-18-42(19-27(41-32(43)44)31(20)46-47(7,8)33(2,3)4)28-11-12-38-17-26(28)39-16-22-9-10-23(35)30(40-22)29-24(36)13-21(14-25(29)37)15-34(5,6)45/h9-14,17,20,27,31,39,41,45H,15-16,18-19H2,1-8H3,(H,43,44)/t20-,27+,31+/m0/s1. The molecule has 3 heterocycles. The number of pyridine rings is 2. The molecule has 256 valence electrons. The van der Waals surface area contributed by atoms with Gasteiger partial charge in [0.2, 0.25) is 0 Å². The number of piperidine rings is 1. The molecule has 0 bridgehead atoms. The zero-order valence-electron chi connectivity index (χ0n) is 28.3. The van der Waals surface area contributed by atoms with Crippen molar-refractivity contribution in [3.8, 4) is 11.3 Å². The highest BCUT2D eigenvalue weighted by Gasteiger charge is 2.45. The van der Waals surface area contributed by atoms with E-state index >= 15 is 8.78 Å². The first-order valence-corrected chi connectivity index (χ1v) is 18.6. The lowest BCUT2D eigenvalue weighted by Gasteiger charge is -2.48. The fourth-order valence-electron chi connectivity index (χ4n) is 5.66. The summed E-state index contributed by atoms with van der Waals surface area (Å²) in [7, 11) is -2.21. The lowest BCUT2D eigenvalue weighted by Crippen LogP contribution is -2.62. The minimum Gasteiger partial charge on any atom is -0.465 e. The van der Waals surface area contributed by atoms with E-state index < -0.39 is 54.8 Å². The third-order valence-corrected chi connectivity index (χ3v) is 13.4. The Kier molecular flexibility index (Phi) is 10.6. The van der Waals surface area contributed by atoms with E-state index in [-0.39, 0.29) is 35.6 Å². The van der Waals surface area contributed by atoms with Crippen molar-refractivity contribution < 1.29 is 32.6 Å². The number of benzene rings is 1. The molecule has 47 heavy (non-hydrogen) atoms. The first-order chi connectivity index (χ1) is 21.8. The Morgan fingerprint density at radius 2 is 1.72 bits per heavy atom. The predicted octanol–water partition coefficient (Wildman–Crippen LogP) is 6.97. The maximum absolute atomic E-state index is 15.1. The molecule has 0 aliphatic carbocycles. The number of rotatable bonds is 10. The molecule has 9 nitrogen and oxygen atoms in total. The van der Waals surface area contributed by atoms with E-state index in [9.17, 15) is 19.4 Å². The maximum Gasteiger partial charge on any atom is 0.405 e. The second-order valence-electron chi connectivity index (χ2n) is 14.6. The van der Waals surface area contributed by atoms with Crippen LogP contribution in [0.1, 0.15) is 52.8 Å². The largest absolute Gasteiger partial charge is 0.465 e. The van der Waals surface area contributed by atoms with Crippen molar-refractivity contribution in [2.75, 3.05) is 23.3 Å². The Morgan fingerprint density at radius 1 is 1.06 bits per heavy atom. The zero-order chi connectivity index (χ0) is 34.9. The number of nitrogens with zero attached hydrogens (tertiary/aromatic N) is 3. The molecule has 0 radical (unpaired) electrons. The summed E-state index contributed by atoms with van der Waals surface area (Å²) in [4.78, 5) is 22.4. The van der Waals surface area contributed by atoms with E-state index in [1.165, 1.54) is 19.9 Å². The highest BCUT2D eigenvalue weighted by Crippen LogP contribution is 2.40. The van der Waals surface area contributed by atoms with E-state index in [0.29, 0.717) is 24.5 Å². The van der Waals surface area contributed by atoms with Gasteiger partial charge >= 0.3 is 6.09 Å². The Morgan fingerprint density at radius 3 is 2.32 bits per heavy atom. The van der Waals surface area contributed by atoms with Crippen LogP contribution in [0.15, 0.2) is 42.7 Å². The van der Waals surface area contributed by atoms with Gasteiger partial charge in [0.15, 0.2) is 8.32 Å².